The molecular weight excluding hydrogens is 619 g/mol. The van der Waals surface area contributed by atoms with E-state index in [9.17, 15) is 14.7 Å². The molecule has 8 nitrogen and oxygen atoms in total. The van der Waals surface area contributed by atoms with Crippen molar-refractivity contribution in [2.24, 2.45) is 0 Å². The molecule has 230 valence electrons. The summed E-state index contributed by atoms with van der Waals surface area (Å²) in [4.78, 5) is 28.8. The highest BCUT2D eigenvalue weighted by molar-refractivity contribution is 8.00. The Hall–Kier alpha value is -4.93. The van der Waals surface area contributed by atoms with Crippen molar-refractivity contribution in [3.8, 4) is 11.5 Å². The van der Waals surface area contributed by atoms with Gasteiger partial charge in [-0.15, -0.1) is 10.2 Å². The first-order valence-electron chi connectivity index (χ1n) is 14.8. The predicted octanol–water partition coefficient (Wildman–Crippen LogP) is 7.50. The van der Waals surface area contributed by atoms with Crippen molar-refractivity contribution in [3.05, 3.63) is 125 Å². The zero-order valence-corrected chi connectivity index (χ0v) is 26.5. The van der Waals surface area contributed by atoms with Crippen molar-refractivity contribution in [1.82, 2.24) is 10.2 Å². The van der Waals surface area contributed by atoms with Gasteiger partial charge >= 0.3 is 5.91 Å². The van der Waals surface area contributed by atoms with Crippen molar-refractivity contribution in [3.63, 3.8) is 0 Å². The van der Waals surface area contributed by atoms with Crippen LogP contribution in [-0.4, -0.2) is 39.7 Å². The summed E-state index contributed by atoms with van der Waals surface area (Å²) in [6, 6.07) is 25.9. The summed E-state index contributed by atoms with van der Waals surface area (Å²) in [6.45, 7) is 5.97. The lowest BCUT2D eigenvalue weighted by molar-refractivity contribution is -0.132. The lowest BCUT2D eigenvalue weighted by Gasteiger charge is -2.23. The van der Waals surface area contributed by atoms with Crippen molar-refractivity contribution in [1.29, 1.82) is 0 Å². The van der Waals surface area contributed by atoms with Gasteiger partial charge in [-0.05, 0) is 64.7 Å². The Bertz CT molecular complexity index is 2030. The van der Waals surface area contributed by atoms with E-state index in [2.05, 4.69) is 41.0 Å². The number of hydrogen-bond acceptors (Lipinski definition) is 9. The molecule has 0 bridgehead atoms. The van der Waals surface area contributed by atoms with Crippen LogP contribution in [0.4, 0.5) is 5.13 Å². The number of fused-ring (bicyclic) bond motifs is 2. The number of aliphatic hydroxyl groups excluding tert-OH is 1. The minimum Gasteiger partial charge on any atom is -0.507 e. The molecule has 0 aliphatic carbocycles. The highest BCUT2D eigenvalue weighted by Gasteiger charge is 2.48. The van der Waals surface area contributed by atoms with Crippen LogP contribution in [0.25, 0.3) is 16.5 Å². The number of benzene rings is 4. The van der Waals surface area contributed by atoms with Crippen LogP contribution < -0.4 is 14.4 Å². The van der Waals surface area contributed by atoms with E-state index in [4.69, 9.17) is 9.47 Å². The fraction of sp³-hybridized carbons (Fsp3) is 0.167. The molecule has 1 N–H and O–H groups in total. The fourth-order valence-electron chi connectivity index (χ4n) is 5.92. The molecule has 1 fully saturated rings. The summed E-state index contributed by atoms with van der Waals surface area (Å²) < 4.78 is 12.2. The third-order valence-corrected chi connectivity index (χ3v) is 10.1. The van der Waals surface area contributed by atoms with Crippen LogP contribution in [0.3, 0.4) is 0 Å². The van der Waals surface area contributed by atoms with E-state index in [0.717, 1.165) is 22.3 Å². The molecule has 0 saturated carbocycles. The second kappa shape index (κ2) is 12.5. The lowest BCUT2D eigenvalue weighted by atomic mass is 9.94. The quantitative estimate of drug-likeness (QED) is 0.0438. The molecule has 0 spiro atoms. The highest BCUT2D eigenvalue weighted by atomic mass is 32.2. The average Bonchev–Trinajstić information content (AvgIpc) is 3.77. The monoisotopic (exact) mass is 647 g/mol. The molecule has 7 rings (SSSR count). The third-order valence-electron chi connectivity index (χ3n) is 7.99. The normalized spacial score (nSPS) is 18.5. The second-order valence-corrected chi connectivity index (χ2v) is 13.3. The minimum absolute atomic E-state index is 0.0152. The van der Waals surface area contributed by atoms with Gasteiger partial charge in [0.05, 0.1) is 11.6 Å². The number of anilines is 1. The Kier molecular flexibility index (Phi) is 8.06. The number of aromatic nitrogens is 2. The van der Waals surface area contributed by atoms with E-state index in [1.165, 1.54) is 33.4 Å². The molecule has 10 heteroatoms. The first-order chi connectivity index (χ1) is 22.4. The Morgan fingerprint density at radius 3 is 2.78 bits per heavy atom. The highest BCUT2D eigenvalue weighted by Crippen LogP contribution is 2.45. The van der Waals surface area contributed by atoms with Gasteiger partial charge in [-0.25, -0.2) is 0 Å². The van der Waals surface area contributed by atoms with E-state index in [1.807, 2.05) is 31.2 Å². The van der Waals surface area contributed by atoms with Gasteiger partial charge in [0.2, 0.25) is 5.13 Å². The third kappa shape index (κ3) is 5.54. The van der Waals surface area contributed by atoms with E-state index in [1.54, 1.807) is 42.5 Å². The first-order valence-corrected chi connectivity index (χ1v) is 16.6. The molecule has 4 aromatic carbocycles. The number of amides is 1. The van der Waals surface area contributed by atoms with E-state index >= 15 is 0 Å². The zero-order chi connectivity index (χ0) is 31.8. The topological polar surface area (TPSA) is 102 Å². The van der Waals surface area contributed by atoms with Crippen LogP contribution in [-0.2, 0) is 21.8 Å². The van der Waals surface area contributed by atoms with Gasteiger partial charge in [0.25, 0.3) is 5.78 Å². The smallest absolute Gasteiger partial charge is 0.301 e. The van der Waals surface area contributed by atoms with Crippen LogP contribution in [0.1, 0.15) is 35.2 Å². The number of hydrogen-bond donors (Lipinski definition) is 1. The van der Waals surface area contributed by atoms with Crippen LogP contribution in [0, 0.1) is 0 Å². The Morgan fingerprint density at radius 1 is 1.09 bits per heavy atom. The molecule has 2 aliphatic heterocycles. The number of carbonyl (C=O) groups excluding carboxylic acids is 2. The van der Waals surface area contributed by atoms with Crippen LogP contribution in [0.5, 0.6) is 11.5 Å². The van der Waals surface area contributed by atoms with Gasteiger partial charge < -0.3 is 14.6 Å². The zero-order valence-electron chi connectivity index (χ0n) is 24.9. The fourth-order valence-corrected chi connectivity index (χ4v) is 7.79. The second-order valence-electron chi connectivity index (χ2n) is 11.1. The van der Waals surface area contributed by atoms with Gasteiger partial charge in [0.1, 0.15) is 30.0 Å². The lowest BCUT2D eigenvalue weighted by Crippen LogP contribution is -2.29. The molecule has 3 heterocycles. The number of nitrogens with zero attached hydrogens (tertiary/aromatic N) is 3. The molecule has 46 heavy (non-hydrogen) atoms. The van der Waals surface area contributed by atoms with Gasteiger partial charge in [0, 0.05) is 17.7 Å². The van der Waals surface area contributed by atoms with Gasteiger partial charge in [-0.3, -0.25) is 14.5 Å². The number of Topliss-reactive ketones (excluding diaryl/α,β-unsaturated/α-hetero) is 1. The van der Waals surface area contributed by atoms with Crippen molar-refractivity contribution in [2.75, 3.05) is 11.5 Å². The summed E-state index contributed by atoms with van der Waals surface area (Å²) in [7, 11) is 0. The summed E-state index contributed by atoms with van der Waals surface area (Å²) >= 11 is 2.74. The molecular formula is C36H29N3O5S2. The molecule has 2 aliphatic rings. The van der Waals surface area contributed by atoms with Gasteiger partial charge in [-0.2, -0.15) is 0 Å². The number of aliphatic hydroxyl groups is 1. The summed E-state index contributed by atoms with van der Waals surface area (Å²) in [5.41, 5.74) is 3.07. The maximum atomic E-state index is 13.8. The number of thioether (sulfide) groups is 1. The standard InChI is InChI=1S/C36H29N3O5S2/c1-3-16-43-27-12-7-10-23(19-27)31-30(32(40)24-14-15-29-26(18-24)17-21(2)44-29)33(41)34(42)39(31)35-37-38-36(46-35)45-20-25-11-6-9-22-8-4-5-13-28(22)25/h3-15,18-19,21,31,40H,1,16-17,20H2,2H3/b32-30-. The molecule has 2 atom stereocenters. The average molecular weight is 648 g/mol. The van der Waals surface area contributed by atoms with Crippen LogP contribution in [0.15, 0.2) is 107 Å². The van der Waals surface area contributed by atoms with Crippen LogP contribution in [0.2, 0.25) is 0 Å². The van der Waals surface area contributed by atoms with Crippen molar-refractivity contribution < 1.29 is 24.2 Å². The summed E-state index contributed by atoms with van der Waals surface area (Å²) in [6.07, 6.45) is 2.33. The van der Waals surface area contributed by atoms with E-state index in [-0.39, 0.29) is 29.2 Å². The van der Waals surface area contributed by atoms with Gasteiger partial charge in [0.15, 0.2) is 4.34 Å². The van der Waals surface area contributed by atoms with Crippen LogP contribution >= 0.6 is 23.1 Å². The molecule has 1 saturated heterocycles. The number of ketones is 1. The molecule has 0 radical (unpaired) electrons. The summed E-state index contributed by atoms with van der Waals surface area (Å²) in [5.74, 6) is 0.0853. The maximum absolute atomic E-state index is 13.8. The largest absolute Gasteiger partial charge is 0.507 e. The number of rotatable bonds is 9. The van der Waals surface area contributed by atoms with Crippen molar-refractivity contribution in [2.45, 2.75) is 35.6 Å². The van der Waals surface area contributed by atoms with E-state index in [0.29, 0.717) is 33.4 Å². The minimum atomic E-state index is -0.959. The molecule has 2 unspecified atom stereocenters. The van der Waals surface area contributed by atoms with Crippen molar-refractivity contribution >= 4 is 56.5 Å². The molecule has 5 aromatic rings. The van der Waals surface area contributed by atoms with E-state index < -0.39 is 17.7 Å². The Balaban J connectivity index is 1.26. The predicted molar refractivity (Wildman–Crippen MR) is 181 cm³/mol. The Labute approximate surface area is 274 Å². The number of ether oxygens (including phenoxy) is 2. The van der Waals surface area contributed by atoms with Gasteiger partial charge in [-0.1, -0.05) is 90.4 Å². The molecule has 1 amide bonds. The summed E-state index contributed by atoms with van der Waals surface area (Å²) in [5, 5.41) is 23.0. The first kappa shape index (κ1) is 29.8. The maximum Gasteiger partial charge on any atom is 0.301 e. The number of carbonyl (C=O) groups is 2. The Morgan fingerprint density at radius 2 is 1.91 bits per heavy atom. The SMILES string of the molecule is C=CCOc1cccc(C2/C(=C(/O)c3ccc4c(c3)CC(C)O4)C(=O)C(=O)N2c2nnc(SCc3cccc4ccccc34)s2)c1. The molecule has 1 aromatic heterocycles.